The zero-order valence-corrected chi connectivity index (χ0v) is 10.3. The number of rotatable bonds is 5. The Hall–Kier alpha value is -1.55. The summed E-state index contributed by atoms with van der Waals surface area (Å²) in [5.41, 5.74) is 7.16. The lowest BCUT2D eigenvalue weighted by molar-refractivity contribution is 0.434. The van der Waals surface area contributed by atoms with Gasteiger partial charge in [-0.2, -0.15) is 0 Å². The van der Waals surface area contributed by atoms with E-state index < -0.39 is 0 Å². The fraction of sp³-hybridized carbons (Fsp3) is 0.462. The van der Waals surface area contributed by atoms with E-state index in [2.05, 4.69) is 23.4 Å². The smallest absolute Gasteiger partial charge is 0.105 e. The molecule has 2 aromatic rings. The number of aromatic nitrogens is 2. The molecule has 0 bridgehead atoms. The second-order valence-corrected chi connectivity index (χ2v) is 4.37. The maximum atomic E-state index is 6.07. The van der Waals surface area contributed by atoms with E-state index in [0.29, 0.717) is 6.04 Å². The van der Waals surface area contributed by atoms with Gasteiger partial charge in [-0.05, 0) is 25.5 Å². The highest BCUT2D eigenvalue weighted by atomic mass is 16.3. The summed E-state index contributed by atoms with van der Waals surface area (Å²) < 4.78 is 7.50. The van der Waals surface area contributed by atoms with Crippen molar-refractivity contribution < 1.29 is 4.42 Å². The molecule has 0 fully saturated rings. The molecule has 0 aliphatic carbocycles. The minimum absolute atomic E-state index is 0.0524. The van der Waals surface area contributed by atoms with Crippen molar-refractivity contribution in [2.75, 3.05) is 0 Å². The van der Waals surface area contributed by atoms with Gasteiger partial charge in [0.1, 0.15) is 5.76 Å². The van der Waals surface area contributed by atoms with Crippen molar-refractivity contribution in [2.45, 2.75) is 38.8 Å². The van der Waals surface area contributed by atoms with E-state index >= 15 is 0 Å². The molecule has 0 aliphatic rings. The quantitative estimate of drug-likeness (QED) is 0.863. The minimum atomic E-state index is 0.0524. The van der Waals surface area contributed by atoms with Gasteiger partial charge in [-0.1, -0.05) is 6.92 Å². The van der Waals surface area contributed by atoms with Gasteiger partial charge in [0.05, 0.1) is 18.3 Å². The zero-order chi connectivity index (χ0) is 12.3. The largest absolute Gasteiger partial charge is 0.469 e. The van der Waals surface area contributed by atoms with Crippen molar-refractivity contribution in [3.63, 3.8) is 0 Å². The normalized spacial score (nSPS) is 14.8. The molecular weight excluding hydrogens is 214 g/mol. The molecule has 0 radical (unpaired) electrons. The lowest BCUT2D eigenvalue weighted by Crippen LogP contribution is -2.17. The van der Waals surface area contributed by atoms with E-state index in [1.807, 2.05) is 24.7 Å². The van der Waals surface area contributed by atoms with Gasteiger partial charge in [0, 0.05) is 24.7 Å². The third-order valence-corrected chi connectivity index (χ3v) is 3.07. The topological polar surface area (TPSA) is 57.0 Å². The molecule has 2 aromatic heterocycles. The number of hydrogen-bond donors (Lipinski definition) is 1. The average Bonchev–Trinajstić information content (AvgIpc) is 2.97. The summed E-state index contributed by atoms with van der Waals surface area (Å²) in [5.74, 6) is 0.988. The Kier molecular flexibility index (Phi) is 3.64. The van der Waals surface area contributed by atoms with Crippen LogP contribution in [0.15, 0.2) is 35.3 Å². The molecule has 2 atom stereocenters. The molecule has 2 N–H and O–H groups in total. The lowest BCUT2D eigenvalue weighted by atomic mass is 10.1. The Labute approximate surface area is 101 Å². The van der Waals surface area contributed by atoms with Crippen LogP contribution in [0.1, 0.15) is 43.8 Å². The van der Waals surface area contributed by atoms with Crippen LogP contribution in [0.4, 0.5) is 0 Å². The van der Waals surface area contributed by atoms with Crippen LogP contribution >= 0.6 is 0 Å². The van der Waals surface area contributed by atoms with Gasteiger partial charge < -0.3 is 14.7 Å². The van der Waals surface area contributed by atoms with Crippen LogP contribution in [-0.4, -0.2) is 9.55 Å². The van der Waals surface area contributed by atoms with Gasteiger partial charge in [-0.3, -0.25) is 0 Å². The second kappa shape index (κ2) is 5.19. The Bertz CT molecular complexity index is 447. The summed E-state index contributed by atoms with van der Waals surface area (Å²) in [6.07, 6.45) is 7.17. The van der Waals surface area contributed by atoms with Gasteiger partial charge in [-0.15, -0.1) is 0 Å². The van der Waals surface area contributed by atoms with Crippen molar-refractivity contribution in [2.24, 2.45) is 5.73 Å². The summed E-state index contributed by atoms with van der Waals surface area (Å²) in [6, 6.07) is 4.26. The first-order chi connectivity index (χ1) is 8.22. The summed E-state index contributed by atoms with van der Waals surface area (Å²) in [5, 5.41) is 0. The highest BCUT2D eigenvalue weighted by molar-refractivity contribution is 5.07. The molecule has 0 aromatic carbocycles. The molecule has 2 rings (SSSR count). The van der Waals surface area contributed by atoms with Crippen LogP contribution in [0, 0.1) is 0 Å². The second-order valence-electron chi connectivity index (χ2n) is 4.37. The SMILES string of the molecule is CC[C@@H](N)c1cncn1C(C)Cc1ccco1. The fourth-order valence-electron chi connectivity index (χ4n) is 2.00. The zero-order valence-electron chi connectivity index (χ0n) is 10.3. The van der Waals surface area contributed by atoms with Gasteiger partial charge in [0.15, 0.2) is 0 Å². The predicted molar refractivity (Wildman–Crippen MR) is 66.6 cm³/mol. The summed E-state index contributed by atoms with van der Waals surface area (Å²) in [6.45, 7) is 4.23. The van der Waals surface area contributed by atoms with E-state index in [1.54, 1.807) is 6.26 Å². The number of furan rings is 1. The number of nitrogens with two attached hydrogens (primary N) is 1. The van der Waals surface area contributed by atoms with Crippen molar-refractivity contribution in [3.8, 4) is 0 Å². The lowest BCUT2D eigenvalue weighted by Gasteiger charge is -2.18. The molecule has 0 amide bonds. The summed E-state index contributed by atoms with van der Waals surface area (Å²) >= 11 is 0. The molecule has 4 heteroatoms. The van der Waals surface area contributed by atoms with E-state index in [9.17, 15) is 0 Å². The molecule has 92 valence electrons. The highest BCUT2D eigenvalue weighted by Crippen LogP contribution is 2.20. The first-order valence-corrected chi connectivity index (χ1v) is 6.02. The third kappa shape index (κ3) is 2.58. The Morgan fingerprint density at radius 1 is 1.53 bits per heavy atom. The van der Waals surface area contributed by atoms with Crippen LogP contribution in [0.2, 0.25) is 0 Å². The number of hydrogen-bond acceptors (Lipinski definition) is 3. The van der Waals surface area contributed by atoms with E-state index in [-0.39, 0.29) is 6.04 Å². The molecular formula is C13H19N3O. The van der Waals surface area contributed by atoms with Gasteiger partial charge >= 0.3 is 0 Å². The Morgan fingerprint density at radius 2 is 2.35 bits per heavy atom. The molecule has 1 unspecified atom stereocenters. The van der Waals surface area contributed by atoms with E-state index in [4.69, 9.17) is 10.2 Å². The van der Waals surface area contributed by atoms with Gasteiger partial charge in [0.25, 0.3) is 0 Å². The minimum Gasteiger partial charge on any atom is -0.469 e. The first-order valence-electron chi connectivity index (χ1n) is 6.02. The molecule has 2 heterocycles. The maximum absolute atomic E-state index is 6.07. The number of nitrogens with zero attached hydrogens (tertiary/aromatic N) is 2. The van der Waals surface area contributed by atoms with Gasteiger partial charge in [-0.25, -0.2) is 4.98 Å². The molecule has 0 saturated carbocycles. The summed E-state index contributed by atoms with van der Waals surface area (Å²) in [7, 11) is 0. The monoisotopic (exact) mass is 233 g/mol. The highest BCUT2D eigenvalue weighted by Gasteiger charge is 2.15. The Morgan fingerprint density at radius 3 is 3.00 bits per heavy atom. The molecule has 0 aliphatic heterocycles. The standard InChI is InChI=1S/C13H19N3O/c1-3-12(14)13-8-15-9-16(13)10(2)7-11-5-4-6-17-11/h4-6,8-10,12H,3,7,14H2,1-2H3/t10?,12-/m1/s1. The van der Waals surface area contributed by atoms with Crippen LogP contribution < -0.4 is 5.73 Å². The van der Waals surface area contributed by atoms with E-state index in [0.717, 1.165) is 24.3 Å². The molecule has 0 spiro atoms. The Balaban J connectivity index is 2.14. The molecule has 0 saturated heterocycles. The van der Waals surface area contributed by atoms with Crippen LogP contribution in [0.3, 0.4) is 0 Å². The molecule has 4 nitrogen and oxygen atoms in total. The third-order valence-electron chi connectivity index (χ3n) is 3.07. The van der Waals surface area contributed by atoms with Gasteiger partial charge in [0.2, 0.25) is 0 Å². The maximum Gasteiger partial charge on any atom is 0.105 e. The first kappa shape index (κ1) is 11.9. The van der Waals surface area contributed by atoms with Crippen molar-refractivity contribution in [1.29, 1.82) is 0 Å². The van der Waals surface area contributed by atoms with Crippen molar-refractivity contribution in [3.05, 3.63) is 42.4 Å². The number of imidazole rings is 1. The van der Waals surface area contributed by atoms with Crippen LogP contribution in [0.25, 0.3) is 0 Å². The average molecular weight is 233 g/mol. The van der Waals surface area contributed by atoms with Crippen LogP contribution in [0.5, 0.6) is 0 Å². The predicted octanol–water partition coefficient (Wildman–Crippen LogP) is 2.69. The molecule has 17 heavy (non-hydrogen) atoms. The van der Waals surface area contributed by atoms with Crippen molar-refractivity contribution in [1.82, 2.24) is 9.55 Å². The van der Waals surface area contributed by atoms with Crippen molar-refractivity contribution >= 4 is 0 Å². The summed E-state index contributed by atoms with van der Waals surface area (Å²) in [4.78, 5) is 4.19. The fourth-order valence-corrected chi connectivity index (χ4v) is 2.00. The van der Waals surface area contributed by atoms with E-state index in [1.165, 1.54) is 0 Å². The van der Waals surface area contributed by atoms with Crippen LogP contribution in [-0.2, 0) is 6.42 Å².